The summed E-state index contributed by atoms with van der Waals surface area (Å²) in [5.74, 6) is -0.151. The molecule has 2 aromatic carbocycles. The second kappa shape index (κ2) is 6.63. The van der Waals surface area contributed by atoms with E-state index in [0.29, 0.717) is 0 Å². The van der Waals surface area contributed by atoms with E-state index in [1.54, 1.807) is 11.3 Å². The Kier molecular flexibility index (Phi) is 4.10. The van der Waals surface area contributed by atoms with Crippen molar-refractivity contribution in [2.45, 2.75) is 25.0 Å². The fourth-order valence-electron chi connectivity index (χ4n) is 4.27. The molecule has 0 atom stereocenters. The zero-order valence-electron chi connectivity index (χ0n) is 15.1. The summed E-state index contributed by atoms with van der Waals surface area (Å²) >= 11 is 1.67. The topological polar surface area (TPSA) is 29.5 Å². The smallest absolute Gasteiger partial charge is 0.340 e. The molecule has 0 unspecified atom stereocenters. The van der Waals surface area contributed by atoms with Crippen LogP contribution in [0.2, 0.25) is 0 Å². The maximum atomic E-state index is 12.7. The van der Waals surface area contributed by atoms with Gasteiger partial charge in [-0.25, -0.2) is 4.79 Å². The van der Waals surface area contributed by atoms with Gasteiger partial charge in [0.05, 0.1) is 5.56 Å². The molecule has 0 bridgehead atoms. The zero-order valence-corrected chi connectivity index (χ0v) is 15.9. The van der Waals surface area contributed by atoms with Crippen LogP contribution in [0, 0.1) is 0 Å². The van der Waals surface area contributed by atoms with Crippen LogP contribution in [-0.2, 0) is 16.9 Å². The van der Waals surface area contributed by atoms with Gasteiger partial charge in [-0.05, 0) is 16.5 Å². The molecule has 1 aromatic heterocycles. The lowest BCUT2D eigenvalue weighted by molar-refractivity contribution is -0.0440. The van der Waals surface area contributed by atoms with Crippen LogP contribution in [0.15, 0.2) is 66.0 Å². The molecule has 3 heterocycles. The Morgan fingerprint density at radius 3 is 2.33 bits per heavy atom. The molecular weight excluding hydrogens is 354 g/mol. The van der Waals surface area contributed by atoms with Gasteiger partial charge in [0.25, 0.3) is 0 Å². The van der Waals surface area contributed by atoms with Gasteiger partial charge < -0.3 is 4.74 Å². The van der Waals surface area contributed by atoms with E-state index in [2.05, 4.69) is 52.7 Å². The van der Waals surface area contributed by atoms with Crippen molar-refractivity contribution < 1.29 is 9.53 Å². The van der Waals surface area contributed by atoms with Crippen molar-refractivity contribution in [3.63, 3.8) is 0 Å². The van der Waals surface area contributed by atoms with E-state index in [0.717, 1.165) is 54.0 Å². The number of hydrogen-bond acceptors (Lipinski definition) is 4. The van der Waals surface area contributed by atoms with Crippen LogP contribution in [0.1, 0.15) is 34.3 Å². The number of fused-ring (bicyclic) bond motifs is 2. The first-order valence-electron chi connectivity index (χ1n) is 9.42. The van der Waals surface area contributed by atoms with Crippen molar-refractivity contribution in [3.8, 4) is 10.4 Å². The second-order valence-electron chi connectivity index (χ2n) is 7.37. The number of likely N-dealkylation sites (tertiary alicyclic amines) is 1. The molecule has 27 heavy (non-hydrogen) atoms. The summed E-state index contributed by atoms with van der Waals surface area (Å²) in [7, 11) is 0. The first-order valence-corrected chi connectivity index (χ1v) is 10.3. The number of carbonyl (C=O) groups is 1. The van der Waals surface area contributed by atoms with Crippen LogP contribution in [-0.4, -0.2) is 24.0 Å². The molecule has 4 heteroatoms. The summed E-state index contributed by atoms with van der Waals surface area (Å²) in [6.45, 7) is 2.84. The Bertz CT molecular complexity index is 957. The molecule has 0 amide bonds. The minimum atomic E-state index is -0.427. The van der Waals surface area contributed by atoms with Gasteiger partial charge in [-0.3, -0.25) is 4.90 Å². The molecule has 3 nitrogen and oxygen atoms in total. The summed E-state index contributed by atoms with van der Waals surface area (Å²) in [4.78, 5) is 16.2. The monoisotopic (exact) mass is 375 g/mol. The molecular formula is C23H21NO2S. The van der Waals surface area contributed by atoms with Crippen molar-refractivity contribution in [3.05, 3.63) is 82.7 Å². The van der Waals surface area contributed by atoms with Gasteiger partial charge in [0.15, 0.2) is 0 Å². The number of thiophene rings is 1. The highest BCUT2D eigenvalue weighted by atomic mass is 32.1. The fourth-order valence-corrected chi connectivity index (χ4v) is 5.42. The van der Waals surface area contributed by atoms with Crippen LogP contribution >= 0.6 is 11.3 Å². The number of esters is 1. The summed E-state index contributed by atoms with van der Waals surface area (Å²) in [5, 5.41) is 2.15. The lowest BCUT2D eigenvalue weighted by Gasteiger charge is -2.38. The van der Waals surface area contributed by atoms with Gasteiger partial charge in [0, 0.05) is 42.9 Å². The molecule has 2 aliphatic heterocycles. The Labute approximate surface area is 163 Å². The zero-order chi connectivity index (χ0) is 18.3. The fraction of sp³-hybridized carbons (Fsp3) is 0.261. The van der Waals surface area contributed by atoms with Crippen molar-refractivity contribution in [1.82, 2.24) is 4.90 Å². The van der Waals surface area contributed by atoms with E-state index in [1.807, 2.05) is 18.2 Å². The second-order valence-corrected chi connectivity index (χ2v) is 8.24. The number of benzene rings is 2. The average Bonchev–Trinajstić information content (AvgIpc) is 3.27. The molecule has 1 spiro atoms. The Hall–Kier alpha value is -2.43. The molecule has 5 rings (SSSR count). The van der Waals surface area contributed by atoms with Gasteiger partial charge in [-0.15, -0.1) is 11.3 Å². The van der Waals surface area contributed by atoms with Gasteiger partial charge in [0.1, 0.15) is 5.60 Å². The number of hydrogen-bond donors (Lipinski definition) is 0. The maximum absolute atomic E-state index is 12.7. The summed E-state index contributed by atoms with van der Waals surface area (Å²) in [6, 6.07) is 20.7. The predicted octanol–water partition coefficient (Wildman–Crippen LogP) is 5.08. The lowest BCUT2D eigenvalue weighted by atomic mass is 9.85. The molecule has 2 aliphatic rings. The first-order chi connectivity index (χ1) is 13.3. The largest absolute Gasteiger partial charge is 0.450 e. The minimum absolute atomic E-state index is 0.151. The van der Waals surface area contributed by atoms with Crippen LogP contribution in [0.25, 0.3) is 10.4 Å². The molecule has 0 aliphatic carbocycles. The van der Waals surface area contributed by atoms with Gasteiger partial charge in [-0.2, -0.15) is 0 Å². The van der Waals surface area contributed by atoms with Crippen LogP contribution in [0.5, 0.6) is 0 Å². The maximum Gasteiger partial charge on any atom is 0.340 e. The highest BCUT2D eigenvalue weighted by molar-refractivity contribution is 7.14. The van der Waals surface area contributed by atoms with E-state index in [4.69, 9.17) is 4.74 Å². The third kappa shape index (κ3) is 2.89. The molecule has 136 valence electrons. The highest BCUT2D eigenvalue weighted by Gasteiger charge is 2.49. The molecule has 1 saturated heterocycles. The number of carbonyl (C=O) groups excluding carboxylic acids is 1. The van der Waals surface area contributed by atoms with Gasteiger partial charge in [0.2, 0.25) is 0 Å². The van der Waals surface area contributed by atoms with E-state index < -0.39 is 5.60 Å². The number of rotatable bonds is 3. The number of ether oxygens (including phenoxy) is 1. The quantitative estimate of drug-likeness (QED) is 0.598. The van der Waals surface area contributed by atoms with Crippen molar-refractivity contribution in [1.29, 1.82) is 0 Å². The minimum Gasteiger partial charge on any atom is -0.450 e. The SMILES string of the molecule is O=C1OC2(CCN(Cc3ccccc3)CC2)c2csc(-c3ccccc3)c21. The summed E-state index contributed by atoms with van der Waals surface area (Å²) in [5.41, 5.74) is 3.90. The van der Waals surface area contributed by atoms with E-state index in [1.165, 1.54) is 5.56 Å². The Morgan fingerprint density at radius 1 is 0.963 bits per heavy atom. The van der Waals surface area contributed by atoms with Crippen molar-refractivity contribution >= 4 is 17.3 Å². The lowest BCUT2D eigenvalue weighted by Crippen LogP contribution is -2.42. The predicted molar refractivity (Wildman–Crippen MR) is 108 cm³/mol. The number of piperidine rings is 1. The third-order valence-corrected chi connectivity index (χ3v) is 6.75. The average molecular weight is 375 g/mol. The third-order valence-electron chi connectivity index (χ3n) is 5.72. The van der Waals surface area contributed by atoms with Crippen LogP contribution < -0.4 is 0 Å². The first kappa shape index (κ1) is 16.7. The normalized spacial score (nSPS) is 18.4. The van der Waals surface area contributed by atoms with Crippen LogP contribution in [0.3, 0.4) is 0 Å². The number of nitrogens with zero attached hydrogens (tertiary/aromatic N) is 1. The van der Waals surface area contributed by atoms with Gasteiger partial charge >= 0.3 is 5.97 Å². The Balaban J connectivity index is 1.38. The van der Waals surface area contributed by atoms with Gasteiger partial charge in [-0.1, -0.05) is 60.7 Å². The molecule has 1 fully saturated rings. The highest BCUT2D eigenvalue weighted by Crippen LogP contribution is 2.49. The van der Waals surface area contributed by atoms with E-state index in [-0.39, 0.29) is 5.97 Å². The molecule has 0 radical (unpaired) electrons. The standard InChI is InChI=1S/C23H21NO2S/c25-22-20-19(16-27-21(20)18-9-5-2-6-10-18)23(26-22)11-13-24(14-12-23)15-17-7-3-1-4-8-17/h1-10,16H,11-15H2. The van der Waals surface area contributed by atoms with Crippen molar-refractivity contribution in [2.75, 3.05) is 13.1 Å². The molecule has 3 aromatic rings. The summed E-state index contributed by atoms with van der Waals surface area (Å²) in [6.07, 6.45) is 1.73. The van der Waals surface area contributed by atoms with Crippen LogP contribution in [0.4, 0.5) is 0 Å². The Morgan fingerprint density at radius 2 is 1.63 bits per heavy atom. The van der Waals surface area contributed by atoms with E-state index in [9.17, 15) is 4.79 Å². The van der Waals surface area contributed by atoms with E-state index >= 15 is 0 Å². The molecule has 0 saturated carbocycles. The van der Waals surface area contributed by atoms with Crippen molar-refractivity contribution in [2.24, 2.45) is 0 Å². The summed E-state index contributed by atoms with van der Waals surface area (Å²) < 4.78 is 6.00. The molecule has 0 N–H and O–H groups in total.